The zero-order valence-electron chi connectivity index (χ0n) is 6.07. The fourth-order valence-electron chi connectivity index (χ4n) is 0.883. The molecule has 0 atom stereocenters. The van der Waals surface area contributed by atoms with Gasteiger partial charge in [-0.1, -0.05) is 0 Å². The van der Waals surface area contributed by atoms with Gasteiger partial charge in [0.1, 0.15) is 10.7 Å². The van der Waals surface area contributed by atoms with Gasteiger partial charge in [-0.15, -0.1) is 11.3 Å². The van der Waals surface area contributed by atoms with Crippen molar-refractivity contribution in [1.29, 1.82) is 0 Å². The normalized spacial score (nSPS) is 10.1. The average Bonchev–Trinajstić information content (AvgIpc) is 2.57. The minimum absolute atomic E-state index is 0.910. The van der Waals surface area contributed by atoms with E-state index in [0.717, 1.165) is 15.2 Å². The van der Waals surface area contributed by atoms with E-state index in [-0.39, 0.29) is 0 Å². The summed E-state index contributed by atoms with van der Waals surface area (Å²) in [5, 5.41) is 2.89. The van der Waals surface area contributed by atoms with E-state index >= 15 is 0 Å². The molecule has 0 bridgehead atoms. The van der Waals surface area contributed by atoms with Crippen LogP contribution in [0.15, 0.2) is 34.4 Å². The molecular formula is C8H5BrN2S. The molecule has 0 fully saturated rings. The molecule has 2 rings (SSSR count). The van der Waals surface area contributed by atoms with Crippen LogP contribution >= 0.6 is 27.3 Å². The molecule has 0 aliphatic heterocycles. The molecule has 0 aromatic carbocycles. The molecule has 0 saturated carbocycles. The van der Waals surface area contributed by atoms with Gasteiger partial charge in [0, 0.05) is 22.2 Å². The van der Waals surface area contributed by atoms with Gasteiger partial charge in [0.15, 0.2) is 0 Å². The van der Waals surface area contributed by atoms with E-state index in [9.17, 15) is 0 Å². The van der Waals surface area contributed by atoms with Crippen LogP contribution in [-0.4, -0.2) is 9.97 Å². The molecular weight excluding hydrogens is 236 g/mol. The second kappa shape index (κ2) is 3.33. The summed E-state index contributed by atoms with van der Waals surface area (Å²) in [5.41, 5.74) is 0.910. The Balaban J connectivity index is 2.55. The fraction of sp³-hybridized carbons (Fsp3) is 0. The quantitative estimate of drug-likeness (QED) is 0.767. The molecule has 0 unspecified atom stereocenters. The number of pyridine rings is 1. The first-order valence-corrected chi connectivity index (χ1v) is 5.05. The van der Waals surface area contributed by atoms with Gasteiger partial charge < -0.3 is 0 Å². The monoisotopic (exact) mass is 240 g/mol. The third-order valence-corrected chi connectivity index (χ3v) is 2.81. The van der Waals surface area contributed by atoms with Gasteiger partial charge in [0.2, 0.25) is 0 Å². The highest BCUT2D eigenvalue weighted by molar-refractivity contribution is 9.10. The summed E-state index contributed by atoms with van der Waals surface area (Å²) in [7, 11) is 0. The predicted octanol–water partition coefficient (Wildman–Crippen LogP) is 2.97. The summed E-state index contributed by atoms with van der Waals surface area (Å²) in [5.74, 6) is 0. The first-order valence-electron chi connectivity index (χ1n) is 3.38. The van der Waals surface area contributed by atoms with Crippen LogP contribution in [0.3, 0.4) is 0 Å². The summed E-state index contributed by atoms with van der Waals surface area (Å²) in [6.07, 6.45) is 3.54. The highest BCUT2D eigenvalue weighted by Gasteiger charge is 2.04. The number of aromatic nitrogens is 2. The minimum atomic E-state index is 0.910. The van der Waals surface area contributed by atoms with Crippen molar-refractivity contribution in [2.24, 2.45) is 0 Å². The standard InChI is InChI=1S/C8H5BrN2S/c9-6-2-1-3-10-7(6)8-11-4-5-12-8/h1-5H. The number of nitrogens with zero attached hydrogens (tertiary/aromatic N) is 2. The number of halogens is 1. The molecule has 2 aromatic rings. The van der Waals surface area contributed by atoms with Crippen LogP contribution in [0, 0.1) is 0 Å². The van der Waals surface area contributed by atoms with Crippen molar-refractivity contribution >= 4 is 27.3 Å². The van der Waals surface area contributed by atoms with E-state index < -0.39 is 0 Å². The molecule has 12 heavy (non-hydrogen) atoms. The van der Waals surface area contributed by atoms with E-state index in [2.05, 4.69) is 25.9 Å². The van der Waals surface area contributed by atoms with Crippen LogP contribution in [0.4, 0.5) is 0 Å². The van der Waals surface area contributed by atoms with E-state index in [4.69, 9.17) is 0 Å². The lowest BCUT2D eigenvalue weighted by Gasteiger charge is -1.96. The van der Waals surface area contributed by atoms with Gasteiger partial charge in [-0.25, -0.2) is 4.98 Å². The number of hydrogen-bond acceptors (Lipinski definition) is 3. The van der Waals surface area contributed by atoms with Crippen LogP contribution in [0.2, 0.25) is 0 Å². The molecule has 0 radical (unpaired) electrons. The highest BCUT2D eigenvalue weighted by Crippen LogP contribution is 2.26. The maximum atomic E-state index is 4.22. The van der Waals surface area contributed by atoms with Gasteiger partial charge in [-0.05, 0) is 28.1 Å². The van der Waals surface area contributed by atoms with Crippen LogP contribution in [0.5, 0.6) is 0 Å². The fourth-order valence-corrected chi connectivity index (χ4v) is 2.10. The van der Waals surface area contributed by atoms with Crippen LogP contribution in [0.1, 0.15) is 0 Å². The molecule has 0 aliphatic rings. The summed E-state index contributed by atoms with van der Waals surface area (Å²) in [4.78, 5) is 8.40. The number of hydrogen-bond donors (Lipinski definition) is 0. The lowest BCUT2D eigenvalue weighted by Crippen LogP contribution is -1.81. The first-order chi connectivity index (χ1) is 5.88. The third kappa shape index (κ3) is 1.40. The Bertz CT molecular complexity index is 372. The van der Waals surface area contributed by atoms with E-state index in [1.165, 1.54) is 0 Å². The van der Waals surface area contributed by atoms with Crippen molar-refractivity contribution in [3.05, 3.63) is 34.4 Å². The van der Waals surface area contributed by atoms with Crippen molar-refractivity contribution in [3.63, 3.8) is 0 Å². The molecule has 2 nitrogen and oxygen atoms in total. The Kier molecular flexibility index (Phi) is 2.19. The average molecular weight is 241 g/mol. The van der Waals surface area contributed by atoms with E-state index in [1.54, 1.807) is 23.7 Å². The Hall–Kier alpha value is -0.740. The second-order valence-corrected chi connectivity index (χ2v) is 3.92. The first kappa shape index (κ1) is 7.89. The topological polar surface area (TPSA) is 25.8 Å². The van der Waals surface area contributed by atoms with Gasteiger partial charge in [0.05, 0.1) is 0 Å². The zero-order chi connectivity index (χ0) is 8.39. The molecule has 4 heteroatoms. The summed E-state index contributed by atoms with van der Waals surface area (Å²) in [6.45, 7) is 0. The van der Waals surface area contributed by atoms with Crippen molar-refractivity contribution in [3.8, 4) is 10.7 Å². The van der Waals surface area contributed by atoms with E-state index in [0.29, 0.717) is 0 Å². The lowest BCUT2D eigenvalue weighted by molar-refractivity contribution is 1.28. The Morgan fingerprint density at radius 3 is 2.83 bits per heavy atom. The largest absolute Gasteiger partial charge is 0.253 e. The maximum Gasteiger partial charge on any atom is 0.142 e. The highest BCUT2D eigenvalue weighted by atomic mass is 79.9. The summed E-state index contributed by atoms with van der Waals surface area (Å²) < 4.78 is 0.986. The van der Waals surface area contributed by atoms with Crippen LogP contribution in [-0.2, 0) is 0 Å². The Labute approximate surface area is 82.4 Å². The predicted molar refractivity (Wildman–Crippen MR) is 53.0 cm³/mol. The third-order valence-electron chi connectivity index (χ3n) is 1.39. The molecule has 0 N–H and O–H groups in total. The molecule has 0 spiro atoms. The van der Waals surface area contributed by atoms with Gasteiger partial charge in [-0.2, -0.15) is 0 Å². The molecule has 2 heterocycles. The molecule has 0 amide bonds. The molecule has 60 valence electrons. The van der Waals surface area contributed by atoms with Crippen LogP contribution in [0.25, 0.3) is 10.7 Å². The molecule has 0 saturated heterocycles. The van der Waals surface area contributed by atoms with Crippen molar-refractivity contribution < 1.29 is 0 Å². The summed E-state index contributed by atoms with van der Waals surface area (Å²) in [6, 6.07) is 3.85. The summed E-state index contributed by atoms with van der Waals surface area (Å²) >= 11 is 5.01. The van der Waals surface area contributed by atoms with Gasteiger partial charge in [-0.3, -0.25) is 4.98 Å². The van der Waals surface area contributed by atoms with Crippen molar-refractivity contribution in [2.45, 2.75) is 0 Å². The Morgan fingerprint density at radius 2 is 2.17 bits per heavy atom. The second-order valence-electron chi connectivity index (χ2n) is 2.17. The maximum absolute atomic E-state index is 4.22. The van der Waals surface area contributed by atoms with Gasteiger partial charge in [0.25, 0.3) is 0 Å². The number of rotatable bonds is 1. The zero-order valence-corrected chi connectivity index (χ0v) is 8.47. The van der Waals surface area contributed by atoms with Crippen molar-refractivity contribution in [1.82, 2.24) is 9.97 Å². The van der Waals surface area contributed by atoms with Gasteiger partial charge >= 0.3 is 0 Å². The molecule has 0 aliphatic carbocycles. The molecule has 2 aromatic heterocycles. The van der Waals surface area contributed by atoms with Crippen LogP contribution < -0.4 is 0 Å². The number of thiazole rings is 1. The smallest absolute Gasteiger partial charge is 0.142 e. The Morgan fingerprint density at radius 1 is 1.25 bits per heavy atom. The lowest BCUT2D eigenvalue weighted by atomic mass is 10.4. The van der Waals surface area contributed by atoms with Crippen molar-refractivity contribution in [2.75, 3.05) is 0 Å². The van der Waals surface area contributed by atoms with E-state index in [1.807, 2.05) is 17.5 Å². The minimum Gasteiger partial charge on any atom is -0.253 e. The SMILES string of the molecule is Brc1cccnc1-c1nccs1.